The summed E-state index contributed by atoms with van der Waals surface area (Å²) in [5, 5.41) is 18.3. The van der Waals surface area contributed by atoms with E-state index in [1.165, 1.54) is 5.56 Å². The number of hydrogen-bond donors (Lipinski definition) is 3. The number of phenolic OH excluding ortho intramolecular Hbond substituents is 1. The van der Waals surface area contributed by atoms with Gasteiger partial charge in [0, 0.05) is 38.1 Å². The number of phenols is 1. The Labute approximate surface area is 184 Å². The van der Waals surface area contributed by atoms with Gasteiger partial charge in [-0.05, 0) is 68.4 Å². The minimum atomic E-state index is 0.396. The molecule has 0 bridgehead atoms. The molecule has 1 aliphatic rings. The van der Waals surface area contributed by atoms with E-state index in [1.807, 2.05) is 51.0 Å². The summed E-state index contributed by atoms with van der Waals surface area (Å²) in [4.78, 5) is 11.6. The van der Waals surface area contributed by atoms with Crippen LogP contribution in [0.25, 0.3) is 10.9 Å². The lowest BCUT2D eigenvalue weighted by Crippen LogP contribution is -2.37. The smallest absolute Gasteiger partial charge is 0.225 e. The molecule has 3 N–H and O–H groups in total. The quantitative estimate of drug-likeness (QED) is 0.545. The number of aromatic hydroxyl groups is 1. The van der Waals surface area contributed by atoms with E-state index in [4.69, 9.17) is 9.97 Å². The molecule has 0 saturated heterocycles. The first kappa shape index (κ1) is 21.4. The number of para-hydroxylation sites is 1. The van der Waals surface area contributed by atoms with Crippen LogP contribution in [0.1, 0.15) is 42.4 Å². The standard InChI is InChI=1S/C25H33N5O/c1-16-13-18(14-17(2)23(16)31)15-26-19-9-11-20(12-10-19)27-25-28-22-8-6-5-7-21(22)24(29-25)30(3)4/h5-8,13-14,19-20,26,31H,9-12,15H2,1-4H3,(H,27,28,29). The van der Waals surface area contributed by atoms with Gasteiger partial charge in [-0.2, -0.15) is 4.98 Å². The number of benzene rings is 2. The maximum absolute atomic E-state index is 9.96. The highest BCUT2D eigenvalue weighted by molar-refractivity contribution is 5.90. The Morgan fingerprint density at radius 3 is 2.29 bits per heavy atom. The van der Waals surface area contributed by atoms with Gasteiger partial charge >= 0.3 is 0 Å². The average Bonchev–Trinajstić information content (AvgIpc) is 2.76. The zero-order valence-electron chi connectivity index (χ0n) is 18.9. The number of fused-ring (bicyclic) bond motifs is 1. The first-order valence-electron chi connectivity index (χ1n) is 11.1. The lowest BCUT2D eigenvalue weighted by atomic mass is 9.91. The van der Waals surface area contributed by atoms with Crippen LogP contribution in [0.2, 0.25) is 0 Å². The van der Waals surface area contributed by atoms with Crippen LogP contribution in [0.5, 0.6) is 5.75 Å². The van der Waals surface area contributed by atoms with Gasteiger partial charge in [0.1, 0.15) is 11.6 Å². The molecule has 0 unspecified atom stereocenters. The van der Waals surface area contributed by atoms with Crippen molar-refractivity contribution in [2.24, 2.45) is 0 Å². The average molecular weight is 420 g/mol. The molecule has 1 fully saturated rings. The molecule has 0 radical (unpaired) electrons. The van der Waals surface area contributed by atoms with Crippen LogP contribution in [-0.2, 0) is 6.54 Å². The second kappa shape index (κ2) is 9.10. The van der Waals surface area contributed by atoms with Gasteiger partial charge in [-0.25, -0.2) is 4.98 Å². The first-order chi connectivity index (χ1) is 14.9. The van der Waals surface area contributed by atoms with Crippen molar-refractivity contribution in [2.75, 3.05) is 24.3 Å². The Bertz CT molecular complexity index is 1030. The van der Waals surface area contributed by atoms with Crippen LogP contribution in [-0.4, -0.2) is 41.3 Å². The number of hydrogen-bond acceptors (Lipinski definition) is 6. The summed E-state index contributed by atoms with van der Waals surface area (Å²) in [6, 6.07) is 13.2. The highest BCUT2D eigenvalue weighted by Gasteiger charge is 2.22. The Morgan fingerprint density at radius 1 is 0.968 bits per heavy atom. The second-order valence-electron chi connectivity index (χ2n) is 8.93. The molecular formula is C25H33N5O. The zero-order chi connectivity index (χ0) is 22.0. The van der Waals surface area contributed by atoms with Crippen LogP contribution in [0.15, 0.2) is 36.4 Å². The Morgan fingerprint density at radius 2 is 1.61 bits per heavy atom. The molecule has 0 spiro atoms. The van der Waals surface area contributed by atoms with Crippen molar-refractivity contribution in [1.82, 2.24) is 15.3 Å². The van der Waals surface area contributed by atoms with Gasteiger partial charge in [0.2, 0.25) is 5.95 Å². The molecule has 0 aliphatic heterocycles. The van der Waals surface area contributed by atoms with Crippen LogP contribution < -0.4 is 15.5 Å². The number of aryl methyl sites for hydroxylation is 2. The van der Waals surface area contributed by atoms with Crippen molar-refractivity contribution in [2.45, 2.75) is 58.2 Å². The molecule has 1 saturated carbocycles. The number of nitrogens with one attached hydrogen (secondary N) is 2. The van der Waals surface area contributed by atoms with Gasteiger partial charge in [0.25, 0.3) is 0 Å². The minimum Gasteiger partial charge on any atom is -0.507 e. The van der Waals surface area contributed by atoms with Gasteiger partial charge in [0.15, 0.2) is 0 Å². The van der Waals surface area contributed by atoms with Gasteiger partial charge in [-0.3, -0.25) is 0 Å². The maximum atomic E-state index is 9.96. The lowest BCUT2D eigenvalue weighted by Gasteiger charge is -2.30. The summed E-state index contributed by atoms with van der Waals surface area (Å²) in [7, 11) is 4.04. The number of rotatable bonds is 6. The third kappa shape index (κ3) is 4.90. The van der Waals surface area contributed by atoms with E-state index in [0.29, 0.717) is 23.8 Å². The summed E-state index contributed by atoms with van der Waals surface area (Å²) >= 11 is 0. The predicted octanol–water partition coefficient (Wildman–Crippen LogP) is 4.53. The van der Waals surface area contributed by atoms with Crippen molar-refractivity contribution in [3.05, 3.63) is 53.1 Å². The van der Waals surface area contributed by atoms with Crippen LogP contribution in [0.4, 0.5) is 11.8 Å². The van der Waals surface area contributed by atoms with Crippen LogP contribution in [0, 0.1) is 13.8 Å². The molecule has 1 heterocycles. The molecule has 6 nitrogen and oxygen atoms in total. The molecule has 31 heavy (non-hydrogen) atoms. The van der Waals surface area contributed by atoms with Gasteiger partial charge in [-0.1, -0.05) is 24.3 Å². The molecule has 1 aromatic heterocycles. The predicted molar refractivity (Wildman–Crippen MR) is 128 cm³/mol. The van der Waals surface area contributed by atoms with Crippen molar-refractivity contribution < 1.29 is 5.11 Å². The lowest BCUT2D eigenvalue weighted by molar-refractivity contribution is 0.352. The molecule has 1 aliphatic carbocycles. The monoisotopic (exact) mass is 419 g/mol. The number of anilines is 2. The normalized spacial score (nSPS) is 18.8. The van der Waals surface area contributed by atoms with Crippen LogP contribution in [0.3, 0.4) is 0 Å². The summed E-state index contributed by atoms with van der Waals surface area (Å²) in [6.45, 7) is 4.75. The SMILES string of the molecule is Cc1cc(CNC2CCC(Nc3nc(N(C)C)c4ccccc4n3)CC2)cc(C)c1O. The fraction of sp³-hybridized carbons (Fsp3) is 0.440. The van der Waals surface area contributed by atoms with E-state index in [9.17, 15) is 5.11 Å². The molecule has 0 amide bonds. The Kier molecular flexibility index (Phi) is 6.28. The van der Waals surface area contributed by atoms with E-state index >= 15 is 0 Å². The molecular weight excluding hydrogens is 386 g/mol. The van der Waals surface area contributed by atoms with Crippen molar-refractivity contribution in [1.29, 1.82) is 0 Å². The Balaban J connectivity index is 1.34. The zero-order valence-corrected chi connectivity index (χ0v) is 18.9. The van der Waals surface area contributed by atoms with Gasteiger partial charge in [-0.15, -0.1) is 0 Å². The van der Waals surface area contributed by atoms with E-state index in [-0.39, 0.29) is 0 Å². The fourth-order valence-electron chi connectivity index (χ4n) is 4.50. The van der Waals surface area contributed by atoms with E-state index in [1.54, 1.807) is 0 Å². The van der Waals surface area contributed by atoms with E-state index in [0.717, 1.165) is 60.1 Å². The van der Waals surface area contributed by atoms with Gasteiger partial charge in [0.05, 0.1) is 5.52 Å². The fourth-order valence-corrected chi connectivity index (χ4v) is 4.50. The van der Waals surface area contributed by atoms with E-state index < -0.39 is 0 Å². The largest absolute Gasteiger partial charge is 0.507 e. The highest BCUT2D eigenvalue weighted by atomic mass is 16.3. The summed E-state index contributed by atoms with van der Waals surface area (Å²) in [5.74, 6) is 2.07. The van der Waals surface area contributed by atoms with Crippen molar-refractivity contribution in [3.8, 4) is 5.75 Å². The molecule has 2 aromatic carbocycles. The summed E-state index contributed by atoms with van der Waals surface area (Å²) < 4.78 is 0. The number of aromatic nitrogens is 2. The Hall–Kier alpha value is -2.86. The molecule has 6 heteroatoms. The number of nitrogens with zero attached hydrogens (tertiary/aromatic N) is 3. The highest BCUT2D eigenvalue weighted by Crippen LogP contribution is 2.27. The molecule has 164 valence electrons. The maximum Gasteiger partial charge on any atom is 0.225 e. The molecule has 3 aromatic rings. The minimum absolute atomic E-state index is 0.396. The summed E-state index contributed by atoms with van der Waals surface area (Å²) in [5.41, 5.74) is 4.08. The summed E-state index contributed by atoms with van der Waals surface area (Å²) in [6.07, 6.45) is 4.45. The topological polar surface area (TPSA) is 73.3 Å². The van der Waals surface area contributed by atoms with Crippen molar-refractivity contribution in [3.63, 3.8) is 0 Å². The van der Waals surface area contributed by atoms with Gasteiger partial charge < -0.3 is 20.6 Å². The third-order valence-electron chi connectivity index (χ3n) is 6.21. The van der Waals surface area contributed by atoms with Crippen molar-refractivity contribution >= 4 is 22.7 Å². The first-order valence-corrected chi connectivity index (χ1v) is 11.1. The third-order valence-corrected chi connectivity index (χ3v) is 6.21. The molecule has 4 rings (SSSR count). The van der Waals surface area contributed by atoms with Crippen LogP contribution >= 0.6 is 0 Å². The van der Waals surface area contributed by atoms with E-state index in [2.05, 4.69) is 28.8 Å². The molecule has 0 atom stereocenters. The second-order valence-corrected chi connectivity index (χ2v) is 8.93.